The van der Waals surface area contributed by atoms with E-state index in [1.807, 2.05) is 68.6 Å². The standard InChI is InChI=1S/C21H23N3O3S/c1-14(2)15(3)22-20(25)13-27-21(26)18-12-17(19-10-7-11-28-19)23-24(18)16-8-5-4-6-9-16/h4-12,14-15H,13H2,1-3H3,(H,22,25)/t15-/m0/s1. The van der Waals surface area contributed by atoms with E-state index < -0.39 is 5.97 Å². The first-order valence-corrected chi connectivity index (χ1v) is 9.99. The Labute approximate surface area is 168 Å². The Morgan fingerprint density at radius 2 is 1.89 bits per heavy atom. The number of ether oxygens (including phenoxy) is 1. The Hall–Kier alpha value is -2.93. The van der Waals surface area contributed by atoms with Gasteiger partial charge in [0.25, 0.3) is 5.91 Å². The first-order valence-electron chi connectivity index (χ1n) is 9.11. The molecular weight excluding hydrogens is 374 g/mol. The van der Waals surface area contributed by atoms with E-state index in [-0.39, 0.29) is 24.2 Å². The number of hydrogen-bond acceptors (Lipinski definition) is 5. The van der Waals surface area contributed by atoms with Gasteiger partial charge in [-0.3, -0.25) is 4.79 Å². The van der Waals surface area contributed by atoms with Crippen LogP contribution in [-0.4, -0.2) is 34.3 Å². The molecule has 6 nitrogen and oxygen atoms in total. The average molecular weight is 398 g/mol. The van der Waals surface area contributed by atoms with Crippen LogP contribution in [0.3, 0.4) is 0 Å². The summed E-state index contributed by atoms with van der Waals surface area (Å²) in [5.74, 6) is -0.613. The SMILES string of the molecule is CC(C)[C@H](C)NC(=O)COC(=O)c1cc(-c2cccs2)nn1-c1ccccc1. The summed E-state index contributed by atoms with van der Waals surface area (Å²) in [5, 5.41) is 9.34. The monoisotopic (exact) mass is 397 g/mol. The van der Waals surface area contributed by atoms with Crippen LogP contribution < -0.4 is 5.32 Å². The van der Waals surface area contributed by atoms with Crippen LogP contribution in [0.4, 0.5) is 0 Å². The maximum Gasteiger partial charge on any atom is 0.357 e. The minimum atomic E-state index is -0.591. The van der Waals surface area contributed by atoms with Crippen LogP contribution in [0.1, 0.15) is 31.3 Å². The Morgan fingerprint density at radius 3 is 2.54 bits per heavy atom. The first kappa shape index (κ1) is 19.8. The second kappa shape index (κ2) is 8.84. The van der Waals surface area contributed by atoms with Crippen molar-refractivity contribution in [1.29, 1.82) is 0 Å². The lowest BCUT2D eigenvalue weighted by molar-refractivity contribution is -0.125. The number of thiophene rings is 1. The van der Waals surface area contributed by atoms with E-state index in [9.17, 15) is 9.59 Å². The van der Waals surface area contributed by atoms with Crippen LogP contribution in [0.15, 0.2) is 53.9 Å². The Bertz CT molecular complexity index is 933. The fraction of sp³-hybridized carbons (Fsp3) is 0.286. The van der Waals surface area contributed by atoms with Gasteiger partial charge in [0.2, 0.25) is 0 Å². The Morgan fingerprint density at radius 1 is 1.14 bits per heavy atom. The highest BCUT2D eigenvalue weighted by Gasteiger charge is 2.21. The van der Waals surface area contributed by atoms with Gasteiger partial charge in [-0.05, 0) is 36.4 Å². The van der Waals surface area contributed by atoms with Crippen LogP contribution >= 0.6 is 11.3 Å². The van der Waals surface area contributed by atoms with Gasteiger partial charge in [0.1, 0.15) is 5.69 Å². The molecule has 0 bridgehead atoms. The number of carbonyl (C=O) groups excluding carboxylic acids is 2. The molecule has 1 aromatic carbocycles. The second-order valence-corrected chi connectivity index (χ2v) is 7.76. The maximum atomic E-state index is 12.7. The van der Waals surface area contributed by atoms with Crippen molar-refractivity contribution in [2.24, 2.45) is 5.92 Å². The summed E-state index contributed by atoms with van der Waals surface area (Å²) in [4.78, 5) is 25.7. The van der Waals surface area contributed by atoms with E-state index in [1.165, 1.54) is 0 Å². The number of carbonyl (C=O) groups is 2. The van der Waals surface area contributed by atoms with Crippen molar-refractivity contribution >= 4 is 23.2 Å². The number of nitrogens with zero attached hydrogens (tertiary/aromatic N) is 2. The highest BCUT2D eigenvalue weighted by atomic mass is 32.1. The topological polar surface area (TPSA) is 73.2 Å². The third-order valence-corrected chi connectivity index (χ3v) is 5.31. The predicted molar refractivity (Wildman–Crippen MR) is 110 cm³/mol. The summed E-state index contributed by atoms with van der Waals surface area (Å²) in [6.07, 6.45) is 0. The molecule has 0 aliphatic heterocycles. The average Bonchev–Trinajstić information content (AvgIpc) is 3.36. The molecule has 2 heterocycles. The van der Waals surface area contributed by atoms with Gasteiger partial charge in [0, 0.05) is 12.1 Å². The van der Waals surface area contributed by atoms with E-state index >= 15 is 0 Å². The van der Waals surface area contributed by atoms with Crippen molar-refractivity contribution in [2.45, 2.75) is 26.8 Å². The third kappa shape index (κ3) is 4.67. The molecule has 1 N–H and O–H groups in total. The molecule has 0 saturated carbocycles. The van der Waals surface area contributed by atoms with Crippen molar-refractivity contribution in [3.05, 3.63) is 59.6 Å². The molecule has 7 heteroatoms. The first-order chi connectivity index (χ1) is 13.5. The fourth-order valence-electron chi connectivity index (χ4n) is 2.50. The number of hydrogen-bond donors (Lipinski definition) is 1. The molecule has 146 valence electrons. The number of rotatable bonds is 7. The molecular formula is C21H23N3O3S. The molecule has 28 heavy (non-hydrogen) atoms. The lowest BCUT2D eigenvalue weighted by Gasteiger charge is -2.17. The summed E-state index contributed by atoms with van der Waals surface area (Å²) in [5.41, 5.74) is 1.71. The number of aromatic nitrogens is 2. The van der Waals surface area contributed by atoms with Crippen molar-refractivity contribution in [3.63, 3.8) is 0 Å². The van der Waals surface area contributed by atoms with Gasteiger partial charge in [-0.15, -0.1) is 11.3 Å². The smallest absolute Gasteiger partial charge is 0.357 e. The zero-order valence-electron chi connectivity index (χ0n) is 16.1. The summed E-state index contributed by atoms with van der Waals surface area (Å²) < 4.78 is 6.80. The summed E-state index contributed by atoms with van der Waals surface area (Å²) in [6, 6.07) is 14.9. The van der Waals surface area contributed by atoms with Crippen molar-refractivity contribution < 1.29 is 14.3 Å². The molecule has 3 aromatic rings. The number of benzene rings is 1. The van der Waals surface area contributed by atoms with Crippen LogP contribution in [0.5, 0.6) is 0 Å². The van der Waals surface area contributed by atoms with Crippen LogP contribution in [-0.2, 0) is 9.53 Å². The maximum absolute atomic E-state index is 12.7. The van der Waals surface area contributed by atoms with Gasteiger partial charge >= 0.3 is 5.97 Å². The van der Waals surface area contributed by atoms with Crippen LogP contribution in [0, 0.1) is 5.92 Å². The number of para-hydroxylation sites is 1. The second-order valence-electron chi connectivity index (χ2n) is 6.82. The molecule has 3 rings (SSSR count). The van der Waals surface area contributed by atoms with Crippen LogP contribution in [0.25, 0.3) is 16.3 Å². The summed E-state index contributed by atoms with van der Waals surface area (Å²) in [6.45, 7) is 5.62. The molecule has 0 saturated heterocycles. The van der Waals surface area contributed by atoms with E-state index in [4.69, 9.17) is 4.74 Å². The van der Waals surface area contributed by atoms with Gasteiger partial charge in [-0.2, -0.15) is 5.10 Å². The zero-order chi connectivity index (χ0) is 20.1. The van der Waals surface area contributed by atoms with E-state index in [0.29, 0.717) is 11.6 Å². The molecule has 1 amide bonds. The van der Waals surface area contributed by atoms with E-state index in [1.54, 1.807) is 22.1 Å². The normalized spacial score (nSPS) is 12.0. The molecule has 1 atom stereocenters. The number of amides is 1. The van der Waals surface area contributed by atoms with Gasteiger partial charge in [-0.1, -0.05) is 38.1 Å². The molecule has 0 spiro atoms. The molecule has 0 radical (unpaired) electrons. The molecule has 0 aliphatic rings. The van der Waals surface area contributed by atoms with Crippen LogP contribution in [0.2, 0.25) is 0 Å². The molecule has 0 unspecified atom stereocenters. The molecule has 2 aromatic heterocycles. The van der Waals surface area contributed by atoms with E-state index in [0.717, 1.165) is 10.6 Å². The van der Waals surface area contributed by atoms with Crippen molar-refractivity contribution in [2.75, 3.05) is 6.61 Å². The Balaban J connectivity index is 1.80. The number of nitrogens with one attached hydrogen (secondary N) is 1. The minimum Gasteiger partial charge on any atom is -0.451 e. The minimum absolute atomic E-state index is 0.00600. The fourth-order valence-corrected chi connectivity index (χ4v) is 3.19. The third-order valence-electron chi connectivity index (χ3n) is 4.42. The Kier molecular flexibility index (Phi) is 6.26. The lowest BCUT2D eigenvalue weighted by Crippen LogP contribution is -2.38. The zero-order valence-corrected chi connectivity index (χ0v) is 16.9. The number of esters is 1. The van der Waals surface area contributed by atoms with Gasteiger partial charge in [0.15, 0.2) is 12.3 Å². The molecule has 0 aliphatic carbocycles. The highest BCUT2D eigenvalue weighted by molar-refractivity contribution is 7.13. The van der Waals surface area contributed by atoms with Gasteiger partial charge < -0.3 is 10.1 Å². The largest absolute Gasteiger partial charge is 0.451 e. The highest BCUT2D eigenvalue weighted by Crippen LogP contribution is 2.26. The summed E-state index contributed by atoms with van der Waals surface area (Å²) >= 11 is 1.54. The van der Waals surface area contributed by atoms with E-state index in [2.05, 4.69) is 10.4 Å². The van der Waals surface area contributed by atoms with Crippen molar-refractivity contribution in [1.82, 2.24) is 15.1 Å². The predicted octanol–water partition coefficient (Wildman–Crippen LogP) is 3.92. The molecule has 0 fully saturated rings. The van der Waals surface area contributed by atoms with Crippen molar-refractivity contribution in [3.8, 4) is 16.3 Å². The van der Waals surface area contributed by atoms with Gasteiger partial charge in [0.05, 0.1) is 10.6 Å². The lowest BCUT2D eigenvalue weighted by atomic mass is 10.1. The summed E-state index contributed by atoms with van der Waals surface area (Å²) in [7, 11) is 0. The van der Waals surface area contributed by atoms with Gasteiger partial charge in [-0.25, -0.2) is 9.48 Å². The quantitative estimate of drug-likeness (QED) is 0.613.